The van der Waals surface area contributed by atoms with Gasteiger partial charge < -0.3 is 15.2 Å². The Morgan fingerprint density at radius 3 is 2.79 bits per heavy atom. The fourth-order valence-electron chi connectivity index (χ4n) is 1.72. The molecule has 2 rings (SSSR count). The number of anilines is 1. The minimum absolute atomic E-state index is 0.361. The Morgan fingerprint density at radius 1 is 1.42 bits per heavy atom. The summed E-state index contributed by atoms with van der Waals surface area (Å²) in [6.45, 7) is 1.75. The zero-order valence-electron chi connectivity index (χ0n) is 11.0. The number of hydrogen-bond acceptors (Lipinski definition) is 5. The Balaban J connectivity index is 2.44. The number of aryl methyl sites for hydroxylation is 2. The van der Waals surface area contributed by atoms with Crippen LogP contribution in [0.3, 0.4) is 0 Å². The summed E-state index contributed by atoms with van der Waals surface area (Å²) in [5, 5.41) is 13.3. The molecule has 6 heteroatoms. The molecule has 0 aliphatic rings. The third kappa shape index (κ3) is 2.31. The second-order valence-corrected chi connectivity index (χ2v) is 4.01. The van der Waals surface area contributed by atoms with Crippen molar-refractivity contribution in [3.63, 3.8) is 0 Å². The molecule has 1 aromatic carbocycles. The molecular weight excluding hydrogens is 244 g/mol. The van der Waals surface area contributed by atoms with Gasteiger partial charge in [0, 0.05) is 13.1 Å². The third-order valence-corrected chi connectivity index (χ3v) is 2.71. The van der Waals surface area contributed by atoms with Crippen LogP contribution in [-0.4, -0.2) is 16.9 Å². The lowest BCUT2D eigenvalue weighted by Gasteiger charge is -2.10. The highest BCUT2D eigenvalue weighted by Crippen LogP contribution is 2.33. The van der Waals surface area contributed by atoms with E-state index in [1.165, 1.54) is 4.68 Å². The number of nitriles is 1. The standard InChI is InChI=1S/C13H14N4O2/c1-8-10(7-14)13(17(2)16-8)19-12-6-9(18-3)4-5-11(12)15/h4-6H,15H2,1-3H3. The highest BCUT2D eigenvalue weighted by Gasteiger charge is 2.16. The predicted molar refractivity (Wildman–Crippen MR) is 70.1 cm³/mol. The van der Waals surface area contributed by atoms with Gasteiger partial charge in [-0.1, -0.05) is 0 Å². The fourth-order valence-corrected chi connectivity index (χ4v) is 1.72. The number of methoxy groups -OCH3 is 1. The minimum Gasteiger partial charge on any atom is -0.497 e. The molecule has 1 heterocycles. The summed E-state index contributed by atoms with van der Waals surface area (Å²) < 4.78 is 12.3. The minimum atomic E-state index is 0.361. The lowest BCUT2D eigenvalue weighted by molar-refractivity contribution is 0.402. The average Bonchev–Trinajstić information content (AvgIpc) is 2.66. The summed E-state index contributed by atoms with van der Waals surface area (Å²) in [7, 11) is 3.27. The van der Waals surface area contributed by atoms with E-state index in [4.69, 9.17) is 20.5 Å². The van der Waals surface area contributed by atoms with Crippen LogP contribution in [0.25, 0.3) is 0 Å². The summed E-state index contributed by atoms with van der Waals surface area (Å²) in [5.74, 6) is 1.42. The summed E-state index contributed by atoms with van der Waals surface area (Å²) in [4.78, 5) is 0. The first-order valence-electron chi connectivity index (χ1n) is 5.62. The molecular formula is C13H14N4O2. The van der Waals surface area contributed by atoms with Gasteiger partial charge in [0.1, 0.15) is 17.4 Å². The first-order valence-corrected chi connectivity index (χ1v) is 5.62. The van der Waals surface area contributed by atoms with Gasteiger partial charge in [0.25, 0.3) is 0 Å². The quantitative estimate of drug-likeness (QED) is 0.851. The lowest BCUT2D eigenvalue weighted by atomic mass is 10.2. The summed E-state index contributed by atoms with van der Waals surface area (Å²) in [6.07, 6.45) is 0. The molecule has 0 radical (unpaired) electrons. The summed E-state index contributed by atoms with van der Waals surface area (Å²) in [5.41, 5.74) is 7.31. The molecule has 0 aliphatic carbocycles. The number of hydrogen-bond donors (Lipinski definition) is 1. The molecule has 98 valence electrons. The van der Waals surface area contributed by atoms with Crippen LogP contribution < -0.4 is 15.2 Å². The van der Waals surface area contributed by atoms with Gasteiger partial charge in [0.15, 0.2) is 5.75 Å². The maximum absolute atomic E-state index is 9.12. The monoisotopic (exact) mass is 258 g/mol. The molecule has 0 fully saturated rings. The van der Waals surface area contributed by atoms with Crippen molar-refractivity contribution in [1.29, 1.82) is 5.26 Å². The number of ether oxygens (including phenoxy) is 2. The van der Waals surface area contributed by atoms with Gasteiger partial charge in [0.05, 0.1) is 18.5 Å². The van der Waals surface area contributed by atoms with E-state index >= 15 is 0 Å². The molecule has 0 unspecified atom stereocenters. The molecule has 2 N–H and O–H groups in total. The molecule has 0 spiro atoms. The first-order chi connectivity index (χ1) is 9.06. The maximum atomic E-state index is 9.12. The molecule has 0 saturated carbocycles. The van der Waals surface area contributed by atoms with Gasteiger partial charge in [-0.2, -0.15) is 10.4 Å². The molecule has 2 aromatic rings. The normalized spacial score (nSPS) is 10.0. The van der Waals surface area contributed by atoms with Crippen LogP contribution in [0.2, 0.25) is 0 Å². The van der Waals surface area contributed by atoms with E-state index in [1.807, 2.05) is 0 Å². The molecule has 1 aromatic heterocycles. The number of nitrogens with zero attached hydrogens (tertiary/aromatic N) is 3. The van der Waals surface area contributed by atoms with Gasteiger partial charge in [-0.05, 0) is 19.1 Å². The topological polar surface area (TPSA) is 86.1 Å². The second kappa shape index (κ2) is 4.90. The van der Waals surface area contributed by atoms with Crippen LogP contribution >= 0.6 is 0 Å². The molecule has 0 atom stereocenters. The molecule has 0 bridgehead atoms. The Bertz CT molecular complexity index is 655. The van der Waals surface area contributed by atoms with E-state index < -0.39 is 0 Å². The molecule has 0 saturated heterocycles. The maximum Gasteiger partial charge on any atom is 0.235 e. The number of nitrogen functional groups attached to an aromatic ring is 1. The first kappa shape index (κ1) is 12.8. The van der Waals surface area contributed by atoms with Gasteiger partial charge in [-0.25, -0.2) is 4.68 Å². The van der Waals surface area contributed by atoms with Crippen molar-refractivity contribution in [2.75, 3.05) is 12.8 Å². The van der Waals surface area contributed by atoms with Crippen LogP contribution in [0.1, 0.15) is 11.3 Å². The zero-order valence-corrected chi connectivity index (χ0v) is 11.0. The zero-order chi connectivity index (χ0) is 14.0. The van der Waals surface area contributed by atoms with Gasteiger partial charge in [-0.15, -0.1) is 0 Å². The Kier molecular flexibility index (Phi) is 3.29. The van der Waals surface area contributed by atoms with Crippen molar-refractivity contribution in [1.82, 2.24) is 9.78 Å². The molecule has 6 nitrogen and oxygen atoms in total. The van der Waals surface area contributed by atoms with Crippen molar-refractivity contribution in [2.45, 2.75) is 6.92 Å². The van der Waals surface area contributed by atoms with Gasteiger partial charge in [0.2, 0.25) is 5.88 Å². The van der Waals surface area contributed by atoms with Gasteiger partial charge in [-0.3, -0.25) is 0 Å². The van der Waals surface area contributed by atoms with Crippen molar-refractivity contribution >= 4 is 5.69 Å². The molecule has 19 heavy (non-hydrogen) atoms. The van der Waals surface area contributed by atoms with Gasteiger partial charge >= 0.3 is 0 Å². The van der Waals surface area contributed by atoms with E-state index in [2.05, 4.69) is 11.2 Å². The Morgan fingerprint density at radius 2 is 2.16 bits per heavy atom. The number of aromatic nitrogens is 2. The fraction of sp³-hybridized carbons (Fsp3) is 0.231. The average molecular weight is 258 g/mol. The largest absolute Gasteiger partial charge is 0.497 e. The predicted octanol–water partition coefficient (Wildman–Crippen LogP) is 1.98. The van der Waals surface area contributed by atoms with E-state index in [1.54, 1.807) is 39.3 Å². The van der Waals surface area contributed by atoms with E-state index in [9.17, 15) is 0 Å². The molecule has 0 amide bonds. The second-order valence-electron chi connectivity index (χ2n) is 4.01. The highest BCUT2D eigenvalue weighted by molar-refractivity contribution is 5.57. The summed E-state index contributed by atoms with van der Waals surface area (Å²) in [6, 6.07) is 7.16. The Labute approximate surface area is 111 Å². The third-order valence-electron chi connectivity index (χ3n) is 2.71. The number of rotatable bonds is 3. The van der Waals surface area contributed by atoms with Crippen LogP contribution in [0.15, 0.2) is 18.2 Å². The van der Waals surface area contributed by atoms with E-state index in [0.717, 1.165) is 0 Å². The van der Waals surface area contributed by atoms with Crippen LogP contribution in [0.4, 0.5) is 5.69 Å². The van der Waals surface area contributed by atoms with E-state index in [-0.39, 0.29) is 0 Å². The van der Waals surface area contributed by atoms with Crippen molar-refractivity contribution < 1.29 is 9.47 Å². The smallest absolute Gasteiger partial charge is 0.235 e. The van der Waals surface area contributed by atoms with Crippen molar-refractivity contribution in [2.24, 2.45) is 7.05 Å². The Hall–Kier alpha value is -2.68. The van der Waals surface area contributed by atoms with Crippen molar-refractivity contribution in [3.05, 3.63) is 29.5 Å². The highest BCUT2D eigenvalue weighted by atomic mass is 16.5. The van der Waals surface area contributed by atoms with Crippen molar-refractivity contribution in [3.8, 4) is 23.4 Å². The lowest BCUT2D eigenvalue weighted by Crippen LogP contribution is -1.99. The number of nitrogens with two attached hydrogens (primary N) is 1. The number of benzene rings is 1. The SMILES string of the molecule is COc1ccc(N)c(Oc2c(C#N)c(C)nn2C)c1. The van der Waals surface area contributed by atoms with Crippen LogP contribution in [0, 0.1) is 18.3 Å². The molecule has 0 aliphatic heterocycles. The summed E-state index contributed by atoms with van der Waals surface area (Å²) >= 11 is 0. The van der Waals surface area contributed by atoms with Crippen LogP contribution in [-0.2, 0) is 7.05 Å². The van der Waals surface area contributed by atoms with Crippen LogP contribution in [0.5, 0.6) is 17.4 Å². The van der Waals surface area contributed by atoms with E-state index in [0.29, 0.717) is 34.3 Å².